The zero-order valence-corrected chi connectivity index (χ0v) is 15.9. The SMILES string of the molecule is COc1ccc(C2SCCC(=O)N2Cc2ccncc2)c(OC)c1OC. The largest absolute Gasteiger partial charge is 0.493 e. The molecule has 2 aromatic rings. The van der Waals surface area contributed by atoms with Gasteiger partial charge in [0.05, 0.1) is 21.3 Å². The minimum Gasteiger partial charge on any atom is -0.493 e. The first-order chi connectivity index (χ1) is 12.7. The number of carbonyl (C=O) groups excluding carboxylic acids is 1. The van der Waals surface area contributed by atoms with E-state index in [-0.39, 0.29) is 11.3 Å². The fraction of sp³-hybridized carbons (Fsp3) is 0.368. The van der Waals surface area contributed by atoms with Crippen LogP contribution >= 0.6 is 11.8 Å². The van der Waals surface area contributed by atoms with Crippen LogP contribution in [0, 0.1) is 0 Å². The summed E-state index contributed by atoms with van der Waals surface area (Å²) < 4.78 is 16.5. The lowest BCUT2D eigenvalue weighted by molar-refractivity contribution is -0.132. The molecule has 3 rings (SSSR count). The summed E-state index contributed by atoms with van der Waals surface area (Å²) >= 11 is 1.72. The van der Waals surface area contributed by atoms with E-state index in [0.717, 1.165) is 16.9 Å². The maximum Gasteiger partial charge on any atom is 0.224 e. The molecule has 1 amide bonds. The van der Waals surface area contributed by atoms with Gasteiger partial charge in [0.2, 0.25) is 11.7 Å². The third kappa shape index (κ3) is 3.58. The summed E-state index contributed by atoms with van der Waals surface area (Å²) in [5.41, 5.74) is 1.94. The van der Waals surface area contributed by atoms with E-state index in [1.807, 2.05) is 29.2 Å². The second kappa shape index (κ2) is 8.31. The molecule has 138 valence electrons. The normalized spacial score (nSPS) is 17.1. The first-order valence-electron chi connectivity index (χ1n) is 8.28. The van der Waals surface area contributed by atoms with Crippen molar-refractivity contribution < 1.29 is 19.0 Å². The highest BCUT2D eigenvalue weighted by molar-refractivity contribution is 7.99. The fourth-order valence-corrected chi connectivity index (χ4v) is 4.31. The van der Waals surface area contributed by atoms with Crippen molar-refractivity contribution >= 4 is 17.7 Å². The number of methoxy groups -OCH3 is 3. The van der Waals surface area contributed by atoms with E-state index in [9.17, 15) is 4.79 Å². The molecule has 1 aliphatic heterocycles. The molecule has 6 nitrogen and oxygen atoms in total. The smallest absolute Gasteiger partial charge is 0.224 e. The van der Waals surface area contributed by atoms with Gasteiger partial charge in [-0.3, -0.25) is 9.78 Å². The van der Waals surface area contributed by atoms with Crippen LogP contribution < -0.4 is 14.2 Å². The number of thioether (sulfide) groups is 1. The quantitative estimate of drug-likeness (QED) is 0.773. The Morgan fingerprint density at radius 3 is 2.46 bits per heavy atom. The summed E-state index contributed by atoms with van der Waals surface area (Å²) in [5, 5.41) is -0.154. The Balaban J connectivity index is 2.01. The molecule has 1 fully saturated rings. The summed E-state index contributed by atoms with van der Waals surface area (Å²) in [5.74, 6) is 2.63. The Hall–Kier alpha value is -2.41. The molecule has 26 heavy (non-hydrogen) atoms. The molecule has 1 aromatic carbocycles. The van der Waals surface area contributed by atoms with Gasteiger partial charge < -0.3 is 19.1 Å². The summed E-state index contributed by atoms with van der Waals surface area (Å²) in [6, 6.07) is 7.64. The molecular formula is C19H22N2O4S. The summed E-state index contributed by atoms with van der Waals surface area (Å²) in [6.45, 7) is 0.524. The van der Waals surface area contributed by atoms with Gasteiger partial charge in [0.1, 0.15) is 5.37 Å². The number of nitrogens with zero attached hydrogens (tertiary/aromatic N) is 2. The summed E-state index contributed by atoms with van der Waals surface area (Å²) in [7, 11) is 4.77. The molecule has 2 heterocycles. The van der Waals surface area contributed by atoms with Gasteiger partial charge in [-0.1, -0.05) is 0 Å². The Morgan fingerprint density at radius 1 is 1.08 bits per heavy atom. The molecule has 1 atom stereocenters. The van der Waals surface area contributed by atoms with Crippen LogP contribution in [0.2, 0.25) is 0 Å². The predicted molar refractivity (Wildman–Crippen MR) is 101 cm³/mol. The highest BCUT2D eigenvalue weighted by Crippen LogP contribution is 2.48. The van der Waals surface area contributed by atoms with Crippen molar-refractivity contribution in [2.45, 2.75) is 18.3 Å². The number of carbonyl (C=O) groups is 1. The zero-order valence-electron chi connectivity index (χ0n) is 15.1. The van der Waals surface area contributed by atoms with Gasteiger partial charge in [0.15, 0.2) is 11.5 Å². The molecule has 0 bridgehead atoms. The maximum atomic E-state index is 12.7. The predicted octanol–water partition coefficient (Wildman–Crippen LogP) is 3.27. The molecule has 0 aliphatic carbocycles. The molecule has 1 aromatic heterocycles. The van der Waals surface area contributed by atoms with Crippen LogP contribution in [0.3, 0.4) is 0 Å². The second-order valence-electron chi connectivity index (χ2n) is 5.77. The fourth-order valence-electron chi connectivity index (χ4n) is 3.05. The minimum atomic E-state index is -0.154. The number of ether oxygens (including phenoxy) is 3. The maximum absolute atomic E-state index is 12.7. The second-order valence-corrected chi connectivity index (χ2v) is 6.96. The number of benzene rings is 1. The van der Waals surface area contributed by atoms with E-state index in [1.165, 1.54) is 0 Å². The van der Waals surface area contributed by atoms with Gasteiger partial charge in [-0.2, -0.15) is 0 Å². The van der Waals surface area contributed by atoms with Gasteiger partial charge in [0, 0.05) is 36.7 Å². The van der Waals surface area contributed by atoms with E-state index in [2.05, 4.69) is 4.98 Å². The van der Waals surface area contributed by atoms with Gasteiger partial charge in [0.25, 0.3) is 0 Å². The van der Waals surface area contributed by atoms with Crippen molar-refractivity contribution in [3.05, 3.63) is 47.8 Å². The molecule has 1 saturated heterocycles. The Morgan fingerprint density at radius 2 is 1.81 bits per heavy atom. The lowest BCUT2D eigenvalue weighted by atomic mass is 10.1. The monoisotopic (exact) mass is 374 g/mol. The lowest BCUT2D eigenvalue weighted by Crippen LogP contribution is -2.36. The number of hydrogen-bond donors (Lipinski definition) is 0. The first kappa shape index (κ1) is 18.4. The highest BCUT2D eigenvalue weighted by atomic mass is 32.2. The summed E-state index contributed by atoms with van der Waals surface area (Å²) in [6.07, 6.45) is 4.01. The molecule has 0 spiro atoms. The third-order valence-corrected chi connectivity index (χ3v) is 5.56. The van der Waals surface area contributed by atoms with Crippen LogP contribution in [0.5, 0.6) is 17.2 Å². The lowest BCUT2D eigenvalue weighted by Gasteiger charge is -2.36. The van der Waals surface area contributed by atoms with Crippen LogP contribution in [-0.2, 0) is 11.3 Å². The molecule has 1 aliphatic rings. The van der Waals surface area contributed by atoms with Crippen LogP contribution in [0.15, 0.2) is 36.7 Å². The molecule has 0 N–H and O–H groups in total. The van der Waals surface area contributed by atoms with Gasteiger partial charge in [-0.05, 0) is 29.8 Å². The van der Waals surface area contributed by atoms with E-state index >= 15 is 0 Å². The van der Waals surface area contributed by atoms with Crippen LogP contribution in [-0.4, -0.2) is 42.9 Å². The number of aromatic nitrogens is 1. The number of amides is 1. The standard InChI is InChI=1S/C19H22N2O4S/c1-23-15-5-4-14(17(24-2)18(15)25-3)19-21(16(22)8-11-26-19)12-13-6-9-20-10-7-13/h4-7,9-10,19H,8,11-12H2,1-3H3. The van der Waals surface area contributed by atoms with E-state index in [4.69, 9.17) is 14.2 Å². The zero-order chi connectivity index (χ0) is 18.5. The van der Waals surface area contributed by atoms with E-state index in [0.29, 0.717) is 30.2 Å². The van der Waals surface area contributed by atoms with Crippen molar-refractivity contribution in [3.8, 4) is 17.2 Å². The molecule has 1 unspecified atom stereocenters. The average Bonchev–Trinajstić information content (AvgIpc) is 2.69. The van der Waals surface area contributed by atoms with Gasteiger partial charge in [-0.25, -0.2) is 0 Å². The summed E-state index contributed by atoms with van der Waals surface area (Å²) in [4.78, 5) is 18.6. The molecule has 7 heteroatoms. The Bertz CT molecular complexity index is 770. The third-order valence-electron chi connectivity index (χ3n) is 4.30. The Kier molecular flexibility index (Phi) is 5.88. The van der Waals surface area contributed by atoms with Crippen molar-refractivity contribution in [3.63, 3.8) is 0 Å². The Labute approximate surface area is 157 Å². The van der Waals surface area contributed by atoms with E-state index in [1.54, 1.807) is 45.5 Å². The van der Waals surface area contributed by atoms with Crippen LogP contribution in [0.4, 0.5) is 0 Å². The number of pyridine rings is 1. The van der Waals surface area contributed by atoms with Crippen molar-refractivity contribution in [1.29, 1.82) is 0 Å². The number of rotatable bonds is 6. The molecule has 0 radical (unpaired) electrons. The minimum absolute atomic E-state index is 0.127. The molecular weight excluding hydrogens is 352 g/mol. The van der Waals surface area contributed by atoms with Crippen LogP contribution in [0.25, 0.3) is 0 Å². The first-order valence-corrected chi connectivity index (χ1v) is 9.33. The van der Waals surface area contributed by atoms with Crippen molar-refractivity contribution in [1.82, 2.24) is 9.88 Å². The van der Waals surface area contributed by atoms with E-state index < -0.39 is 0 Å². The van der Waals surface area contributed by atoms with Gasteiger partial charge in [-0.15, -0.1) is 11.8 Å². The highest BCUT2D eigenvalue weighted by Gasteiger charge is 2.33. The topological polar surface area (TPSA) is 60.9 Å². The average molecular weight is 374 g/mol. The number of hydrogen-bond acceptors (Lipinski definition) is 6. The van der Waals surface area contributed by atoms with Gasteiger partial charge >= 0.3 is 0 Å². The van der Waals surface area contributed by atoms with Crippen LogP contribution in [0.1, 0.15) is 22.9 Å². The molecule has 0 saturated carbocycles. The van der Waals surface area contributed by atoms with Crippen molar-refractivity contribution in [2.24, 2.45) is 0 Å². The van der Waals surface area contributed by atoms with Crippen molar-refractivity contribution in [2.75, 3.05) is 27.1 Å².